The lowest BCUT2D eigenvalue weighted by Gasteiger charge is -2.32. The molecule has 1 aliphatic heterocycles. The van der Waals surface area contributed by atoms with Gasteiger partial charge in [-0.1, -0.05) is 6.07 Å². The topological polar surface area (TPSA) is 60.5 Å². The van der Waals surface area contributed by atoms with Crippen LogP contribution < -0.4 is 5.32 Å². The fourth-order valence-corrected chi connectivity index (χ4v) is 3.22. The summed E-state index contributed by atoms with van der Waals surface area (Å²) in [4.78, 5) is 17.3. The molecule has 0 aromatic carbocycles. The summed E-state index contributed by atoms with van der Waals surface area (Å²) in [6, 6.07) is 5.74. The van der Waals surface area contributed by atoms with Crippen molar-refractivity contribution in [3.05, 3.63) is 36.4 Å². The van der Waals surface area contributed by atoms with Gasteiger partial charge >= 0.3 is 5.97 Å². The minimum absolute atomic E-state index is 0.0651. The van der Waals surface area contributed by atoms with E-state index in [2.05, 4.69) is 10.3 Å². The third-order valence-electron chi connectivity index (χ3n) is 4.22. The number of hydrogen-bond acceptors (Lipinski definition) is 5. The third kappa shape index (κ3) is 4.15. The Bertz CT molecular complexity index is 603. The SMILES string of the molecule is CO/C=C(\c1ccccn1)[C@@H]1CNC(C)(C)C1C(=O)OC(C)(C)C. The van der Waals surface area contributed by atoms with Crippen LogP contribution in [0.4, 0.5) is 0 Å². The molecule has 1 N–H and O–H groups in total. The molecule has 2 atom stereocenters. The highest BCUT2D eigenvalue weighted by molar-refractivity contribution is 5.80. The molecule has 5 nitrogen and oxygen atoms in total. The van der Waals surface area contributed by atoms with Crippen LogP contribution in [0.5, 0.6) is 0 Å². The van der Waals surface area contributed by atoms with Gasteiger partial charge < -0.3 is 14.8 Å². The lowest BCUT2D eigenvalue weighted by Crippen LogP contribution is -2.45. The van der Waals surface area contributed by atoms with E-state index in [1.54, 1.807) is 19.6 Å². The van der Waals surface area contributed by atoms with Crippen LogP contribution in [0.25, 0.3) is 5.57 Å². The first-order valence-corrected chi connectivity index (χ1v) is 8.28. The minimum atomic E-state index is -0.517. The summed E-state index contributed by atoms with van der Waals surface area (Å²) in [7, 11) is 1.61. The van der Waals surface area contributed by atoms with Crippen molar-refractivity contribution in [2.24, 2.45) is 11.8 Å². The highest BCUT2D eigenvalue weighted by atomic mass is 16.6. The normalized spacial score (nSPS) is 23.8. The van der Waals surface area contributed by atoms with Crippen LogP contribution in [-0.4, -0.2) is 35.7 Å². The molecular weight excluding hydrogens is 304 g/mol. The van der Waals surface area contributed by atoms with Gasteiger partial charge in [-0.25, -0.2) is 0 Å². The second kappa shape index (κ2) is 6.93. The molecular formula is C19H28N2O3. The van der Waals surface area contributed by atoms with Crippen molar-refractivity contribution < 1.29 is 14.3 Å². The van der Waals surface area contributed by atoms with Gasteiger partial charge in [0.1, 0.15) is 5.60 Å². The molecule has 1 aromatic rings. The Hall–Kier alpha value is -1.88. The molecule has 2 rings (SSSR count). The van der Waals surface area contributed by atoms with Crippen LogP contribution in [0.2, 0.25) is 0 Å². The Labute approximate surface area is 144 Å². The van der Waals surface area contributed by atoms with Gasteiger partial charge in [0.25, 0.3) is 0 Å². The predicted molar refractivity (Wildman–Crippen MR) is 94.1 cm³/mol. The van der Waals surface area contributed by atoms with Gasteiger partial charge in [-0.05, 0) is 46.8 Å². The van der Waals surface area contributed by atoms with Crippen molar-refractivity contribution >= 4 is 11.5 Å². The van der Waals surface area contributed by atoms with Crippen molar-refractivity contribution in [3.63, 3.8) is 0 Å². The van der Waals surface area contributed by atoms with E-state index in [9.17, 15) is 4.79 Å². The Morgan fingerprint density at radius 2 is 2.08 bits per heavy atom. The molecule has 0 radical (unpaired) electrons. The molecule has 0 spiro atoms. The molecule has 1 aromatic heterocycles. The lowest BCUT2D eigenvalue weighted by molar-refractivity contribution is -0.162. The molecule has 1 unspecified atom stereocenters. The van der Waals surface area contributed by atoms with Crippen LogP contribution in [0.1, 0.15) is 40.3 Å². The van der Waals surface area contributed by atoms with Crippen LogP contribution in [0.3, 0.4) is 0 Å². The second-order valence-electron chi connectivity index (χ2n) is 7.74. The summed E-state index contributed by atoms with van der Waals surface area (Å²) in [6.07, 6.45) is 3.43. The molecule has 24 heavy (non-hydrogen) atoms. The molecule has 1 saturated heterocycles. The van der Waals surface area contributed by atoms with Crippen LogP contribution in [-0.2, 0) is 14.3 Å². The van der Waals surface area contributed by atoms with E-state index in [0.29, 0.717) is 6.54 Å². The number of methoxy groups -OCH3 is 1. The van der Waals surface area contributed by atoms with E-state index >= 15 is 0 Å². The van der Waals surface area contributed by atoms with E-state index in [-0.39, 0.29) is 23.3 Å². The van der Waals surface area contributed by atoms with Gasteiger partial charge in [0.2, 0.25) is 0 Å². The average Bonchev–Trinajstić information content (AvgIpc) is 2.79. The molecule has 5 heteroatoms. The van der Waals surface area contributed by atoms with Crippen LogP contribution >= 0.6 is 0 Å². The molecule has 0 aliphatic carbocycles. The fraction of sp³-hybridized carbons (Fsp3) is 0.579. The Kier molecular flexibility index (Phi) is 5.33. The first-order chi connectivity index (χ1) is 11.2. The predicted octanol–water partition coefficient (Wildman–Crippen LogP) is 3.02. The maximum atomic E-state index is 12.9. The molecule has 0 saturated carbocycles. The quantitative estimate of drug-likeness (QED) is 0.678. The molecule has 2 heterocycles. The van der Waals surface area contributed by atoms with Crippen molar-refractivity contribution in [1.29, 1.82) is 0 Å². The number of ether oxygens (including phenoxy) is 2. The van der Waals surface area contributed by atoms with Crippen molar-refractivity contribution in [3.8, 4) is 0 Å². The molecule has 1 fully saturated rings. The zero-order chi connectivity index (χ0) is 18.0. The first-order valence-electron chi connectivity index (χ1n) is 8.28. The Morgan fingerprint density at radius 1 is 1.38 bits per heavy atom. The number of rotatable bonds is 4. The summed E-state index contributed by atoms with van der Waals surface area (Å²) in [5, 5.41) is 3.45. The Morgan fingerprint density at radius 3 is 2.62 bits per heavy atom. The molecule has 1 aliphatic rings. The summed E-state index contributed by atoms with van der Waals surface area (Å²) in [6.45, 7) is 10.4. The number of nitrogens with one attached hydrogen (secondary N) is 1. The number of carbonyl (C=O) groups excluding carboxylic acids is 1. The van der Waals surface area contributed by atoms with Crippen LogP contribution in [0.15, 0.2) is 30.7 Å². The number of carbonyl (C=O) groups is 1. The van der Waals surface area contributed by atoms with Crippen LogP contribution in [0, 0.1) is 11.8 Å². The van der Waals surface area contributed by atoms with Gasteiger partial charge in [-0.3, -0.25) is 9.78 Å². The minimum Gasteiger partial charge on any atom is -0.504 e. The van der Waals surface area contributed by atoms with E-state index in [1.807, 2.05) is 52.8 Å². The Balaban J connectivity index is 2.39. The number of hydrogen-bond donors (Lipinski definition) is 1. The molecule has 0 amide bonds. The zero-order valence-electron chi connectivity index (χ0n) is 15.4. The summed E-state index contributed by atoms with van der Waals surface area (Å²) in [5.41, 5.74) is 0.842. The fourth-order valence-electron chi connectivity index (χ4n) is 3.22. The van der Waals surface area contributed by atoms with Gasteiger partial charge in [-0.2, -0.15) is 0 Å². The monoisotopic (exact) mass is 332 g/mol. The van der Waals surface area contributed by atoms with Gasteiger partial charge in [0, 0.05) is 29.8 Å². The highest BCUT2D eigenvalue weighted by Crippen LogP contribution is 2.40. The van der Waals surface area contributed by atoms with Gasteiger partial charge in [-0.15, -0.1) is 0 Å². The van der Waals surface area contributed by atoms with E-state index in [1.165, 1.54) is 0 Å². The van der Waals surface area contributed by atoms with E-state index < -0.39 is 5.60 Å². The van der Waals surface area contributed by atoms with Gasteiger partial charge in [0.15, 0.2) is 0 Å². The van der Waals surface area contributed by atoms with E-state index in [4.69, 9.17) is 9.47 Å². The average molecular weight is 332 g/mol. The largest absolute Gasteiger partial charge is 0.504 e. The molecule has 132 valence electrons. The summed E-state index contributed by atoms with van der Waals surface area (Å²) < 4.78 is 11.0. The maximum Gasteiger partial charge on any atom is 0.311 e. The first kappa shape index (κ1) is 18.5. The standard InChI is InChI=1S/C19H28N2O3/c1-18(2,3)24-17(22)16-13(11-21-19(16,4)5)14(12-23-6)15-9-7-8-10-20-15/h7-10,12-13,16,21H,11H2,1-6H3/b14-12-/t13-,16?/m0/s1. The number of aromatic nitrogens is 1. The summed E-state index contributed by atoms with van der Waals surface area (Å²) in [5.74, 6) is -0.578. The van der Waals surface area contributed by atoms with Crippen molar-refractivity contribution in [1.82, 2.24) is 10.3 Å². The summed E-state index contributed by atoms with van der Waals surface area (Å²) >= 11 is 0. The second-order valence-corrected chi connectivity index (χ2v) is 7.74. The number of pyridine rings is 1. The lowest BCUT2D eigenvalue weighted by atomic mass is 9.78. The smallest absolute Gasteiger partial charge is 0.311 e. The third-order valence-corrected chi connectivity index (χ3v) is 4.22. The van der Waals surface area contributed by atoms with Crippen molar-refractivity contribution in [2.45, 2.75) is 45.8 Å². The molecule has 0 bridgehead atoms. The number of nitrogens with zero attached hydrogens (tertiary/aromatic N) is 1. The zero-order valence-corrected chi connectivity index (χ0v) is 15.4. The van der Waals surface area contributed by atoms with E-state index in [0.717, 1.165) is 11.3 Å². The van der Waals surface area contributed by atoms with Gasteiger partial charge in [0.05, 0.1) is 25.0 Å². The highest BCUT2D eigenvalue weighted by Gasteiger charge is 2.49. The number of esters is 1. The maximum absolute atomic E-state index is 12.9. The van der Waals surface area contributed by atoms with Crippen molar-refractivity contribution in [2.75, 3.05) is 13.7 Å².